The third-order valence-corrected chi connectivity index (χ3v) is 7.32. The van der Waals surface area contributed by atoms with Gasteiger partial charge in [-0.25, -0.2) is 0 Å². The van der Waals surface area contributed by atoms with Crippen molar-refractivity contribution in [1.29, 1.82) is 0 Å². The van der Waals surface area contributed by atoms with Gasteiger partial charge in [0, 0.05) is 5.54 Å². The standard InChI is InChI=1S/C17H22Si/c1-5-9-15-13-14-10-7-8-11-16(14)17(15)18(3,4)12-6-2/h5-11,13,17H,2,12H2,1,3-4H3/b9-5+. The van der Waals surface area contributed by atoms with Crippen LogP contribution >= 0.6 is 0 Å². The summed E-state index contributed by atoms with van der Waals surface area (Å²) in [6.45, 7) is 11.0. The van der Waals surface area contributed by atoms with E-state index in [2.05, 4.69) is 75.2 Å². The van der Waals surface area contributed by atoms with Gasteiger partial charge in [-0.3, -0.25) is 0 Å². The Morgan fingerprint density at radius 3 is 2.67 bits per heavy atom. The Hall–Kier alpha value is -1.34. The third-order valence-electron chi connectivity index (χ3n) is 3.77. The largest absolute Gasteiger partial charge is 0.103 e. The van der Waals surface area contributed by atoms with Crippen LogP contribution in [0, 0.1) is 0 Å². The lowest BCUT2D eigenvalue weighted by molar-refractivity contribution is 1.09. The molecule has 1 aliphatic rings. The van der Waals surface area contributed by atoms with Crippen LogP contribution in [0.25, 0.3) is 6.08 Å². The zero-order valence-electron chi connectivity index (χ0n) is 11.6. The van der Waals surface area contributed by atoms with Gasteiger partial charge in [-0.1, -0.05) is 61.7 Å². The molecule has 0 bridgehead atoms. The van der Waals surface area contributed by atoms with Crippen molar-refractivity contribution in [3.8, 4) is 0 Å². The average molecular weight is 254 g/mol. The Kier molecular flexibility index (Phi) is 3.72. The fraction of sp³-hybridized carbons (Fsp3) is 0.294. The highest BCUT2D eigenvalue weighted by Crippen LogP contribution is 2.44. The molecule has 94 valence electrons. The van der Waals surface area contributed by atoms with Crippen LogP contribution in [0.1, 0.15) is 23.6 Å². The van der Waals surface area contributed by atoms with E-state index in [9.17, 15) is 0 Å². The maximum Gasteiger partial charge on any atom is 0.0641 e. The smallest absolute Gasteiger partial charge is 0.0641 e. The second kappa shape index (κ2) is 5.11. The van der Waals surface area contributed by atoms with Crippen molar-refractivity contribution < 1.29 is 0 Å². The first-order valence-electron chi connectivity index (χ1n) is 6.64. The Morgan fingerprint density at radius 2 is 2.00 bits per heavy atom. The summed E-state index contributed by atoms with van der Waals surface area (Å²) in [6.07, 6.45) is 8.89. The van der Waals surface area contributed by atoms with Crippen LogP contribution in [0.4, 0.5) is 0 Å². The van der Waals surface area contributed by atoms with E-state index in [1.165, 1.54) is 22.7 Å². The third kappa shape index (κ3) is 2.28. The Balaban J connectivity index is 2.49. The maximum atomic E-state index is 3.94. The zero-order valence-corrected chi connectivity index (χ0v) is 12.6. The van der Waals surface area contributed by atoms with Crippen molar-refractivity contribution in [2.75, 3.05) is 0 Å². The molecule has 0 spiro atoms. The summed E-state index contributed by atoms with van der Waals surface area (Å²) < 4.78 is 0. The van der Waals surface area contributed by atoms with Crippen LogP contribution in [0.15, 0.2) is 54.6 Å². The summed E-state index contributed by atoms with van der Waals surface area (Å²) in [4.78, 5) is 0. The predicted octanol–water partition coefficient (Wildman–Crippen LogP) is 5.18. The molecule has 0 saturated carbocycles. The van der Waals surface area contributed by atoms with E-state index in [0.29, 0.717) is 5.54 Å². The van der Waals surface area contributed by atoms with Gasteiger partial charge in [-0.2, -0.15) is 0 Å². The molecule has 0 saturated heterocycles. The van der Waals surface area contributed by atoms with Crippen LogP contribution in [-0.2, 0) is 0 Å². The quantitative estimate of drug-likeness (QED) is 0.513. The van der Waals surface area contributed by atoms with Crippen LogP contribution in [0.3, 0.4) is 0 Å². The molecular weight excluding hydrogens is 232 g/mol. The Bertz CT molecular complexity index is 506. The van der Waals surface area contributed by atoms with Crippen LogP contribution in [-0.4, -0.2) is 8.07 Å². The average Bonchev–Trinajstić information content (AvgIpc) is 2.67. The minimum absolute atomic E-state index is 0.614. The number of hydrogen-bond donors (Lipinski definition) is 0. The van der Waals surface area contributed by atoms with Gasteiger partial charge >= 0.3 is 0 Å². The summed E-state index contributed by atoms with van der Waals surface area (Å²) in [5.74, 6) is 0. The maximum absolute atomic E-state index is 3.94. The molecule has 0 aliphatic heterocycles. The summed E-state index contributed by atoms with van der Waals surface area (Å²) in [6, 6.07) is 9.99. The molecule has 0 radical (unpaired) electrons. The normalized spacial score (nSPS) is 18.8. The number of allylic oxidation sites excluding steroid dienone is 4. The second-order valence-corrected chi connectivity index (χ2v) is 10.7. The number of hydrogen-bond acceptors (Lipinski definition) is 0. The van der Waals surface area contributed by atoms with Gasteiger partial charge in [0.15, 0.2) is 0 Å². The molecule has 1 unspecified atom stereocenters. The molecule has 0 fully saturated rings. The fourth-order valence-corrected chi connectivity index (χ4v) is 6.21. The van der Waals surface area contributed by atoms with Gasteiger partial charge in [0.1, 0.15) is 0 Å². The van der Waals surface area contributed by atoms with Crippen molar-refractivity contribution in [1.82, 2.24) is 0 Å². The Labute approximate surface area is 112 Å². The summed E-state index contributed by atoms with van der Waals surface area (Å²) >= 11 is 0. The second-order valence-electron chi connectivity index (χ2n) is 5.69. The van der Waals surface area contributed by atoms with E-state index in [0.717, 1.165) is 0 Å². The predicted molar refractivity (Wildman–Crippen MR) is 84.5 cm³/mol. The first-order valence-corrected chi connectivity index (χ1v) is 9.92. The molecule has 0 N–H and O–H groups in total. The van der Waals surface area contributed by atoms with E-state index < -0.39 is 8.07 Å². The molecule has 1 aromatic rings. The van der Waals surface area contributed by atoms with Gasteiger partial charge in [-0.15, -0.1) is 6.58 Å². The monoisotopic (exact) mass is 254 g/mol. The number of fused-ring (bicyclic) bond motifs is 1. The minimum atomic E-state index is -1.36. The van der Waals surface area contributed by atoms with Gasteiger partial charge in [0.05, 0.1) is 8.07 Å². The van der Waals surface area contributed by atoms with E-state index in [1.807, 2.05) is 0 Å². The van der Waals surface area contributed by atoms with Crippen molar-refractivity contribution in [2.24, 2.45) is 0 Å². The molecule has 18 heavy (non-hydrogen) atoms. The number of benzene rings is 1. The van der Waals surface area contributed by atoms with Gasteiger partial charge in [-0.05, 0) is 29.7 Å². The van der Waals surface area contributed by atoms with Crippen molar-refractivity contribution in [2.45, 2.75) is 31.6 Å². The van der Waals surface area contributed by atoms with E-state index in [4.69, 9.17) is 0 Å². The summed E-state index contributed by atoms with van der Waals surface area (Å²) in [5.41, 5.74) is 5.02. The lowest BCUT2D eigenvalue weighted by atomic mass is 10.1. The van der Waals surface area contributed by atoms with E-state index in [-0.39, 0.29) is 0 Å². The molecule has 1 heteroatoms. The zero-order chi connectivity index (χ0) is 13.2. The van der Waals surface area contributed by atoms with Crippen LogP contribution < -0.4 is 0 Å². The van der Waals surface area contributed by atoms with E-state index >= 15 is 0 Å². The SMILES string of the molecule is C=CC[Si](C)(C)C1C(/C=C/C)=Cc2ccccc21. The first-order chi connectivity index (χ1) is 8.60. The highest BCUT2D eigenvalue weighted by Gasteiger charge is 2.37. The number of rotatable bonds is 4. The molecule has 1 aliphatic carbocycles. The van der Waals surface area contributed by atoms with Gasteiger partial charge in [0.25, 0.3) is 0 Å². The highest BCUT2D eigenvalue weighted by molar-refractivity contribution is 6.80. The van der Waals surface area contributed by atoms with E-state index in [1.54, 1.807) is 0 Å². The molecular formula is C17H22Si. The Morgan fingerprint density at radius 1 is 1.28 bits per heavy atom. The van der Waals surface area contributed by atoms with Crippen molar-refractivity contribution >= 4 is 14.1 Å². The highest BCUT2D eigenvalue weighted by atomic mass is 28.3. The lowest BCUT2D eigenvalue weighted by Gasteiger charge is -2.31. The molecule has 0 nitrogen and oxygen atoms in total. The summed E-state index contributed by atoms with van der Waals surface area (Å²) in [7, 11) is -1.36. The lowest BCUT2D eigenvalue weighted by Crippen LogP contribution is -2.34. The van der Waals surface area contributed by atoms with Gasteiger partial charge < -0.3 is 0 Å². The van der Waals surface area contributed by atoms with Crippen LogP contribution in [0.5, 0.6) is 0 Å². The van der Waals surface area contributed by atoms with Gasteiger partial charge in [0.2, 0.25) is 0 Å². The van der Waals surface area contributed by atoms with Crippen molar-refractivity contribution in [3.05, 3.63) is 65.8 Å². The summed E-state index contributed by atoms with van der Waals surface area (Å²) in [5, 5.41) is 0. The fourth-order valence-electron chi connectivity index (χ4n) is 3.05. The molecule has 0 amide bonds. The van der Waals surface area contributed by atoms with Crippen molar-refractivity contribution in [3.63, 3.8) is 0 Å². The van der Waals surface area contributed by atoms with Crippen LogP contribution in [0.2, 0.25) is 19.1 Å². The molecule has 2 rings (SSSR count). The first kappa shape index (κ1) is 13.1. The molecule has 0 aromatic heterocycles. The minimum Gasteiger partial charge on any atom is -0.103 e. The molecule has 1 aromatic carbocycles. The molecule has 1 atom stereocenters. The topological polar surface area (TPSA) is 0 Å². The molecule has 0 heterocycles.